The third-order valence-corrected chi connectivity index (χ3v) is 10.8. The standard InChI is InChI=1S/C49H57N3/c1-7-11-12-21-40(8-2)50-46-35-34-45(43-22-15-16-23-44(43)46)49(38-26-30-41(31-27-38)51(9-3)47-24-17-13-19-36(47)5)39-28-32-42(33-29-39)52(10-4)48-25-18-14-20-37(48)6/h13-20,22-35,40,49-50H,7-12,21H2,1-6H3. The molecule has 0 spiro atoms. The molecule has 1 atom stereocenters. The Morgan fingerprint density at radius 3 is 1.50 bits per heavy atom. The van der Waals surface area contributed by atoms with Gasteiger partial charge in [-0.05, 0) is 116 Å². The monoisotopic (exact) mass is 687 g/mol. The third-order valence-electron chi connectivity index (χ3n) is 10.8. The Kier molecular flexibility index (Phi) is 12.3. The molecule has 0 bridgehead atoms. The Hall–Kier alpha value is -5.02. The van der Waals surface area contributed by atoms with E-state index in [0.29, 0.717) is 6.04 Å². The van der Waals surface area contributed by atoms with Crippen molar-refractivity contribution in [2.24, 2.45) is 0 Å². The summed E-state index contributed by atoms with van der Waals surface area (Å²) in [7, 11) is 0. The molecule has 0 fully saturated rings. The molecule has 6 aromatic carbocycles. The topological polar surface area (TPSA) is 18.5 Å². The van der Waals surface area contributed by atoms with Crippen LogP contribution in [0.1, 0.15) is 93.5 Å². The Labute approximate surface area is 313 Å². The molecule has 0 amide bonds. The summed E-state index contributed by atoms with van der Waals surface area (Å²) in [6.07, 6.45) is 6.14. The first-order chi connectivity index (χ1) is 25.5. The normalized spacial score (nSPS) is 11.9. The second-order valence-corrected chi connectivity index (χ2v) is 14.2. The number of para-hydroxylation sites is 2. The average molecular weight is 688 g/mol. The maximum atomic E-state index is 3.96. The van der Waals surface area contributed by atoms with Crippen molar-refractivity contribution in [3.63, 3.8) is 0 Å². The van der Waals surface area contributed by atoms with E-state index in [1.54, 1.807) is 0 Å². The van der Waals surface area contributed by atoms with Crippen LogP contribution in [0.2, 0.25) is 0 Å². The molecule has 3 heteroatoms. The number of anilines is 5. The molecule has 6 rings (SSSR count). The van der Waals surface area contributed by atoms with Crippen molar-refractivity contribution in [2.45, 2.75) is 85.6 Å². The molecule has 0 saturated carbocycles. The molecule has 52 heavy (non-hydrogen) atoms. The molecule has 0 aliphatic carbocycles. The number of unbranched alkanes of at least 4 members (excludes halogenated alkanes) is 2. The summed E-state index contributed by atoms with van der Waals surface area (Å²) in [4.78, 5) is 4.82. The average Bonchev–Trinajstić information content (AvgIpc) is 3.18. The van der Waals surface area contributed by atoms with Crippen molar-refractivity contribution in [2.75, 3.05) is 28.2 Å². The molecule has 0 aliphatic heterocycles. The zero-order chi connectivity index (χ0) is 36.5. The minimum absolute atomic E-state index is 0.0654. The van der Waals surface area contributed by atoms with Crippen LogP contribution in [-0.2, 0) is 0 Å². The van der Waals surface area contributed by atoms with Gasteiger partial charge in [-0.25, -0.2) is 0 Å². The fourth-order valence-electron chi connectivity index (χ4n) is 7.90. The van der Waals surface area contributed by atoms with E-state index in [1.807, 2.05) is 0 Å². The fraction of sp³-hybridized carbons (Fsp3) is 0.306. The van der Waals surface area contributed by atoms with Crippen LogP contribution in [0, 0.1) is 13.8 Å². The molecule has 0 aliphatic rings. The lowest BCUT2D eigenvalue weighted by Crippen LogP contribution is -2.19. The molecule has 0 aromatic heterocycles. The highest BCUT2D eigenvalue weighted by atomic mass is 15.1. The predicted molar refractivity (Wildman–Crippen MR) is 227 cm³/mol. The van der Waals surface area contributed by atoms with Crippen LogP contribution < -0.4 is 15.1 Å². The number of aryl methyl sites for hydroxylation is 2. The number of nitrogens with one attached hydrogen (secondary N) is 1. The summed E-state index contributed by atoms with van der Waals surface area (Å²) in [5.41, 5.74) is 12.7. The van der Waals surface area contributed by atoms with E-state index in [0.717, 1.165) is 19.5 Å². The van der Waals surface area contributed by atoms with Crippen LogP contribution in [0.5, 0.6) is 0 Å². The summed E-state index contributed by atoms with van der Waals surface area (Å²) in [5, 5.41) is 6.56. The summed E-state index contributed by atoms with van der Waals surface area (Å²) >= 11 is 0. The van der Waals surface area contributed by atoms with Gasteiger partial charge in [0.15, 0.2) is 0 Å². The van der Waals surface area contributed by atoms with Gasteiger partial charge in [0.25, 0.3) is 0 Å². The molecule has 0 radical (unpaired) electrons. The number of hydrogen-bond acceptors (Lipinski definition) is 3. The molecule has 3 nitrogen and oxygen atoms in total. The fourth-order valence-corrected chi connectivity index (χ4v) is 7.90. The van der Waals surface area contributed by atoms with E-state index in [4.69, 9.17) is 0 Å². The highest BCUT2D eigenvalue weighted by molar-refractivity contribution is 5.97. The van der Waals surface area contributed by atoms with Crippen LogP contribution in [0.4, 0.5) is 28.4 Å². The van der Waals surface area contributed by atoms with Crippen LogP contribution in [0.15, 0.2) is 133 Å². The first-order valence-corrected chi connectivity index (χ1v) is 19.6. The number of nitrogens with zero attached hydrogens (tertiary/aromatic N) is 2. The van der Waals surface area contributed by atoms with Gasteiger partial charge in [0.2, 0.25) is 0 Å². The molecule has 268 valence electrons. The van der Waals surface area contributed by atoms with Gasteiger partial charge in [-0.2, -0.15) is 0 Å². The number of benzene rings is 6. The van der Waals surface area contributed by atoms with Crippen molar-refractivity contribution in [3.05, 3.63) is 161 Å². The molecule has 0 heterocycles. The maximum Gasteiger partial charge on any atom is 0.0440 e. The second-order valence-electron chi connectivity index (χ2n) is 14.2. The summed E-state index contributed by atoms with van der Waals surface area (Å²) in [6, 6.07) is 50.2. The van der Waals surface area contributed by atoms with Gasteiger partial charge in [-0.1, -0.05) is 124 Å². The zero-order valence-electron chi connectivity index (χ0n) is 32.2. The zero-order valence-corrected chi connectivity index (χ0v) is 32.2. The first kappa shape index (κ1) is 36.8. The summed E-state index contributed by atoms with van der Waals surface area (Å²) < 4.78 is 0. The lowest BCUT2D eigenvalue weighted by atomic mass is 9.82. The molecule has 0 saturated heterocycles. The van der Waals surface area contributed by atoms with Gasteiger partial charge in [0, 0.05) is 58.9 Å². The highest BCUT2D eigenvalue weighted by Gasteiger charge is 2.22. The van der Waals surface area contributed by atoms with E-state index in [1.165, 1.54) is 92.7 Å². The van der Waals surface area contributed by atoms with E-state index in [2.05, 4.69) is 190 Å². The minimum Gasteiger partial charge on any atom is -0.382 e. The minimum atomic E-state index is 0.0654. The van der Waals surface area contributed by atoms with Gasteiger partial charge < -0.3 is 15.1 Å². The predicted octanol–water partition coefficient (Wildman–Crippen LogP) is 13.7. The Morgan fingerprint density at radius 1 is 0.519 bits per heavy atom. The maximum absolute atomic E-state index is 3.96. The van der Waals surface area contributed by atoms with E-state index < -0.39 is 0 Å². The molecule has 1 N–H and O–H groups in total. The van der Waals surface area contributed by atoms with Crippen LogP contribution in [0.3, 0.4) is 0 Å². The van der Waals surface area contributed by atoms with Crippen molar-refractivity contribution >= 4 is 39.2 Å². The Balaban J connectivity index is 1.43. The Bertz CT molecular complexity index is 1930. The highest BCUT2D eigenvalue weighted by Crippen LogP contribution is 2.41. The molecule has 6 aromatic rings. The van der Waals surface area contributed by atoms with Crippen molar-refractivity contribution < 1.29 is 0 Å². The first-order valence-electron chi connectivity index (χ1n) is 19.6. The largest absolute Gasteiger partial charge is 0.382 e. The lowest BCUT2D eigenvalue weighted by molar-refractivity contribution is 0.574. The van der Waals surface area contributed by atoms with Crippen LogP contribution in [0.25, 0.3) is 10.8 Å². The summed E-state index contributed by atoms with van der Waals surface area (Å²) in [6.45, 7) is 15.3. The van der Waals surface area contributed by atoms with Gasteiger partial charge >= 0.3 is 0 Å². The number of fused-ring (bicyclic) bond motifs is 1. The van der Waals surface area contributed by atoms with E-state index in [9.17, 15) is 0 Å². The summed E-state index contributed by atoms with van der Waals surface area (Å²) in [5.74, 6) is 0.0654. The molecular weight excluding hydrogens is 631 g/mol. The third kappa shape index (κ3) is 8.05. The van der Waals surface area contributed by atoms with Crippen LogP contribution >= 0.6 is 0 Å². The van der Waals surface area contributed by atoms with Crippen molar-refractivity contribution in [3.8, 4) is 0 Å². The van der Waals surface area contributed by atoms with Crippen molar-refractivity contribution in [1.29, 1.82) is 0 Å². The van der Waals surface area contributed by atoms with Gasteiger partial charge in [0.05, 0.1) is 0 Å². The smallest absolute Gasteiger partial charge is 0.0440 e. The Morgan fingerprint density at radius 2 is 1.02 bits per heavy atom. The molecular formula is C49H57N3. The molecule has 1 unspecified atom stereocenters. The van der Waals surface area contributed by atoms with Gasteiger partial charge in [-0.3, -0.25) is 0 Å². The van der Waals surface area contributed by atoms with Gasteiger partial charge in [0.1, 0.15) is 0 Å². The number of hydrogen-bond donors (Lipinski definition) is 1. The van der Waals surface area contributed by atoms with Crippen LogP contribution in [-0.4, -0.2) is 19.1 Å². The SMILES string of the molecule is CCCCCC(CC)Nc1ccc(C(c2ccc(N(CC)c3ccccc3C)cc2)c2ccc(N(CC)c3ccccc3C)cc2)c2ccccc12. The van der Waals surface area contributed by atoms with E-state index >= 15 is 0 Å². The second kappa shape index (κ2) is 17.5. The number of rotatable bonds is 16. The quantitative estimate of drug-likeness (QED) is 0.0807. The van der Waals surface area contributed by atoms with E-state index in [-0.39, 0.29) is 5.92 Å². The lowest BCUT2D eigenvalue weighted by Gasteiger charge is -2.28. The van der Waals surface area contributed by atoms with Gasteiger partial charge in [-0.15, -0.1) is 0 Å². The van der Waals surface area contributed by atoms with Crippen molar-refractivity contribution in [1.82, 2.24) is 0 Å².